The fourth-order valence-corrected chi connectivity index (χ4v) is 1.89. The van der Waals surface area contributed by atoms with Crippen molar-refractivity contribution in [2.45, 2.75) is 6.04 Å². The van der Waals surface area contributed by atoms with Crippen LogP contribution in [0.2, 0.25) is 0 Å². The van der Waals surface area contributed by atoms with Crippen molar-refractivity contribution in [1.29, 1.82) is 0 Å². The van der Waals surface area contributed by atoms with Crippen LogP contribution in [0.4, 0.5) is 5.69 Å². The van der Waals surface area contributed by atoms with Crippen molar-refractivity contribution < 1.29 is 4.74 Å². The number of rotatable bonds is 4. The molecule has 0 saturated heterocycles. The van der Waals surface area contributed by atoms with Gasteiger partial charge in [0.15, 0.2) is 0 Å². The number of ether oxygens (including phenoxy) is 1. The van der Waals surface area contributed by atoms with Crippen LogP contribution in [0.1, 0.15) is 17.2 Å². The molecule has 3 N–H and O–H groups in total. The van der Waals surface area contributed by atoms with Gasteiger partial charge in [0.25, 0.3) is 0 Å². The third kappa shape index (κ3) is 2.63. The largest absolute Gasteiger partial charge is 0.497 e. The molecule has 2 aromatic carbocycles. The molecular weight excluding hydrogens is 224 g/mol. The average Bonchev–Trinajstić information content (AvgIpc) is 2.46. The van der Waals surface area contributed by atoms with Gasteiger partial charge in [-0.15, -0.1) is 0 Å². The summed E-state index contributed by atoms with van der Waals surface area (Å²) in [5.41, 5.74) is 9.49. The average molecular weight is 242 g/mol. The summed E-state index contributed by atoms with van der Waals surface area (Å²) >= 11 is 0. The van der Waals surface area contributed by atoms with Gasteiger partial charge in [0, 0.05) is 12.7 Å². The number of nitrogens with two attached hydrogens (primary N) is 1. The van der Waals surface area contributed by atoms with Gasteiger partial charge in [-0.25, -0.2) is 0 Å². The van der Waals surface area contributed by atoms with Gasteiger partial charge >= 0.3 is 0 Å². The molecule has 0 aliphatic rings. The van der Waals surface area contributed by atoms with E-state index in [0.29, 0.717) is 0 Å². The maximum Gasteiger partial charge on any atom is 0.118 e. The Morgan fingerprint density at radius 3 is 2.39 bits per heavy atom. The van der Waals surface area contributed by atoms with Gasteiger partial charge < -0.3 is 15.8 Å². The van der Waals surface area contributed by atoms with E-state index >= 15 is 0 Å². The zero-order chi connectivity index (χ0) is 13.0. The summed E-state index contributed by atoms with van der Waals surface area (Å²) in [4.78, 5) is 0. The lowest BCUT2D eigenvalue weighted by Gasteiger charge is -2.14. The fraction of sp³-hybridized carbons (Fsp3) is 0.200. The quantitative estimate of drug-likeness (QED) is 0.866. The highest BCUT2D eigenvalue weighted by atomic mass is 16.5. The zero-order valence-corrected chi connectivity index (χ0v) is 10.7. The summed E-state index contributed by atoms with van der Waals surface area (Å²) in [6, 6.07) is 15.8. The van der Waals surface area contributed by atoms with Crippen molar-refractivity contribution in [3.8, 4) is 5.75 Å². The van der Waals surface area contributed by atoms with Crippen LogP contribution >= 0.6 is 0 Å². The van der Waals surface area contributed by atoms with Gasteiger partial charge in [-0.1, -0.05) is 24.3 Å². The van der Waals surface area contributed by atoms with E-state index < -0.39 is 0 Å². The Balaban J connectivity index is 2.25. The molecule has 0 saturated carbocycles. The molecule has 0 aliphatic heterocycles. The van der Waals surface area contributed by atoms with Crippen LogP contribution in [0, 0.1) is 0 Å². The molecular formula is C15H18N2O. The van der Waals surface area contributed by atoms with Crippen LogP contribution in [0.3, 0.4) is 0 Å². The molecule has 0 fully saturated rings. The number of nitrogens with one attached hydrogen (secondary N) is 1. The van der Waals surface area contributed by atoms with Crippen LogP contribution in [-0.2, 0) is 0 Å². The third-order valence-electron chi connectivity index (χ3n) is 3.01. The monoisotopic (exact) mass is 242 g/mol. The highest BCUT2D eigenvalue weighted by Gasteiger charge is 2.09. The summed E-state index contributed by atoms with van der Waals surface area (Å²) in [6.45, 7) is 0. The first-order valence-corrected chi connectivity index (χ1v) is 5.92. The molecule has 1 atom stereocenters. The summed E-state index contributed by atoms with van der Waals surface area (Å²) in [5.74, 6) is 0.843. The molecule has 3 nitrogen and oxygen atoms in total. The van der Waals surface area contributed by atoms with Gasteiger partial charge in [0.05, 0.1) is 13.2 Å². The van der Waals surface area contributed by atoms with E-state index in [1.165, 1.54) is 0 Å². The first-order chi connectivity index (χ1) is 8.74. The second kappa shape index (κ2) is 5.56. The SMILES string of the molecule is CNc1cccc(C(N)c2ccc(OC)cc2)c1. The number of methoxy groups -OCH3 is 1. The Labute approximate surface area is 108 Å². The molecule has 18 heavy (non-hydrogen) atoms. The van der Waals surface area contributed by atoms with E-state index in [1.54, 1.807) is 7.11 Å². The topological polar surface area (TPSA) is 47.3 Å². The second-order valence-corrected chi connectivity index (χ2v) is 4.13. The van der Waals surface area contributed by atoms with Crippen molar-refractivity contribution >= 4 is 5.69 Å². The molecule has 0 bridgehead atoms. The molecule has 0 aromatic heterocycles. The van der Waals surface area contributed by atoms with Gasteiger partial charge in [-0.3, -0.25) is 0 Å². The third-order valence-corrected chi connectivity index (χ3v) is 3.01. The molecule has 1 unspecified atom stereocenters. The first kappa shape index (κ1) is 12.5. The van der Waals surface area contributed by atoms with E-state index in [9.17, 15) is 0 Å². The highest BCUT2D eigenvalue weighted by Crippen LogP contribution is 2.23. The van der Waals surface area contributed by atoms with Gasteiger partial charge in [-0.05, 0) is 35.4 Å². The maximum atomic E-state index is 6.26. The maximum absolute atomic E-state index is 6.26. The Bertz CT molecular complexity index is 508. The second-order valence-electron chi connectivity index (χ2n) is 4.13. The Morgan fingerprint density at radius 1 is 1.06 bits per heavy atom. The van der Waals surface area contributed by atoms with E-state index in [-0.39, 0.29) is 6.04 Å². The van der Waals surface area contributed by atoms with Crippen molar-refractivity contribution in [2.75, 3.05) is 19.5 Å². The van der Waals surface area contributed by atoms with Crippen molar-refractivity contribution in [2.24, 2.45) is 5.73 Å². The van der Waals surface area contributed by atoms with Gasteiger partial charge in [0.2, 0.25) is 0 Å². The van der Waals surface area contributed by atoms with Crippen molar-refractivity contribution in [1.82, 2.24) is 0 Å². The van der Waals surface area contributed by atoms with Gasteiger partial charge in [-0.2, -0.15) is 0 Å². The fourth-order valence-electron chi connectivity index (χ4n) is 1.89. The normalized spacial score (nSPS) is 11.9. The molecule has 0 heterocycles. The Morgan fingerprint density at radius 2 is 1.78 bits per heavy atom. The number of hydrogen-bond donors (Lipinski definition) is 2. The van der Waals surface area contributed by atoms with Crippen LogP contribution < -0.4 is 15.8 Å². The summed E-state index contributed by atoms with van der Waals surface area (Å²) in [6.07, 6.45) is 0. The van der Waals surface area contributed by atoms with E-state index in [4.69, 9.17) is 10.5 Å². The van der Waals surface area contributed by atoms with Gasteiger partial charge in [0.1, 0.15) is 5.75 Å². The minimum atomic E-state index is -0.121. The standard InChI is InChI=1S/C15H18N2O/c1-17-13-5-3-4-12(10-13)15(16)11-6-8-14(18-2)9-7-11/h3-10,15,17H,16H2,1-2H3. The van der Waals surface area contributed by atoms with Crippen LogP contribution in [0.15, 0.2) is 48.5 Å². The van der Waals surface area contributed by atoms with Crippen molar-refractivity contribution in [3.05, 3.63) is 59.7 Å². The van der Waals surface area contributed by atoms with E-state index in [0.717, 1.165) is 22.6 Å². The first-order valence-electron chi connectivity index (χ1n) is 5.92. The lowest BCUT2D eigenvalue weighted by atomic mass is 9.99. The number of anilines is 1. The van der Waals surface area contributed by atoms with E-state index in [1.807, 2.05) is 49.5 Å². The van der Waals surface area contributed by atoms with Crippen LogP contribution in [0.25, 0.3) is 0 Å². The Hall–Kier alpha value is -2.00. The lowest BCUT2D eigenvalue weighted by molar-refractivity contribution is 0.414. The Kier molecular flexibility index (Phi) is 3.85. The molecule has 94 valence electrons. The minimum absolute atomic E-state index is 0.121. The molecule has 0 radical (unpaired) electrons. The molecule has 2 rings (SSSR count). The van der Waals surface area contributed by atoms with Crippen LogP contribution in [0.5, 0.6) is 5.75 Å². The van der Waals surface area contributed by atoms with Crippen molar-refractivity contribution in [3.63, 3.8) is 0 Å². The summed E-state index contributed by atoms with van der Waals surface area (Å²) < 4.78 is 5.14. The molecule has 0 aliphatic carbocycles. The molecule has 3 heteroatoms. The number of hydrogen-bond acceptors (Lipinski definition) is 3. The molecule has 2 aromatic rings. The molecule has 0 spiro atoms. The highest BCUT2D eigenvalue weighted by molar-refractivity contribution is 5.47. The zero-order valence-electron chi connectivity index (χ0n) is 10.7. The number of benzene rings is 2. The predicted molar refractivity (Wildman–Crippen MR) is 75.0 cm³/mol. The molecule has 0 amide bonds. The lowest BCUT2D eigenvalue weighted by Crippen LogP contribution is -2.11. The minimum Gasteiger partial charge on any atom is -0.497 e. The predicted octanol–water partition coefficient (Wildman–Crippen LogP) is 2.79. The summed E-state index contributed by atoms with van der Waals surface area (Å²) in [5, 5.41) is 3.12. The van der Waals surface area contributed by atoms with Crippen LogP contribution in [-0.4, -0.2) is 14.2 Å². The smallest absolute Gasteiger partial charge is 0.118 e. The summed E-state index contributed by atoms with van der Waals surface area (Å²) in [7, 11) is 3.56. The van der Waals surface area contributed by atoms with E-state index in [2.05, 4.69) is 11.4 Å².